The van der Waals surface area contributed by atoms with E-state index in [1.807, 2.05) is 13.0 Å². The molecule has 2 unspecified atom stereocenters. The Morgan fingerprint density at radius 2 is 1.95 bits per heavy atom. The Bertz CT molecular complexity index is 461. The fourth-order valence-electron chi connectivity index (χ4n) is 3.60. The van der Waals surface area contributed by atoms with Gasteiger partial charge in [-0.25, -0.2) is 4.39 Å². The fraction of sp³-hybridized carbons (Fsp3) is 0.647. The molecule has 1 nitrogen and oxygen atoms in total. The van der Waals surface area contributed by atoms with Gasteiger partial charge >= 0.3 is 0 Å². The topological polar surface area (TPSA) is 20.2 Å². The molecular formula is C17H25FO. The molecule has 0 amide bonds. The molecule has 19 heavy (non-hydrogen) atoms. The maximum Gasteiger partial charge on any atom is 0.129 e. The second-order valence-corrected chi connectivity index (χ2v) is 7.07. The van der Waals surface area contributed by atoms with Gasteiger partial charge in [-0.2, -0.15) is 0 Å². The van der Waals surface area contributed by atoms with E-state index in [0.717, 1.165) is 24.8 Å². The summed E-state index contributed by atoms with van der Waals surface area (Å²) in [5.41, 5.74) is 0.452. The second-order valence-electron chi connectivity index (χ2n) is 7.07. The second kappa shape index (κ2) is 4.90. The number of aryl methyl sites for hydroxylation is 1. The van der Waals surface area contributed by atoms with Gasteiger partial charge in [-0.3, -0.25) is 0 Å². The molecule has 1 aromatic rings. The standard InChI is InChI=1S/C17H25FO/c1-12-8-9-14(18)13(11-12)17(19)10-6-5-7-15(17)16(2,3)4/h8-9,11,15,19H,5-7,10H2,1-4H3. The zero-order chi connectivity index (χ0) is 14.3. The molecule has 2 rings (SSSR count). The van der Waals surface area contributed by atoms with E-state index in [1.165, 1.54) is 6.07 Å². The van der Waals surface area contributed by atoms with Crippen LogP contribution in [0.15, 0.2) is 18.2 Å². The lowest BCUT2D eigenvalue weighted by Gasteiger charge is -2.47. The largest absolute Gasteiger partial charge is 0.385 e. The van der Waals surface area contributed by atoms with Gasteiger partial charge in [0, 0.05) is 5.56 Å². The van der Waals surface area contributed by atoms with E-state index in [0.29, 0.717) is 12.0 Å². The van der Waals surface area contributed by atoms with Crippen molar-refractivity contribution in [1.82, 2.24) is 0 Å². The molecule has 0 radical (unpaired) electrons. The SMILES string of the molecule is Cc1ccc(F)c(C2(O)CCCCC2C(C)(C)C)c1. The van der Waals surface area contributed by atoms with E-state index in [1.54, 1.807) is 6.07 Å². The summed E-state index contributed by atoms with van der Waals surface area (Å²) in [6.45, 7) is 8.37. The minimum atomic E-state index is -1.02. The molecule has 1 aliphatic rings. The molecule has 1 aromatic carbocycles. The van der Waals surface area contributed by atoms with Gasteiger partial charge in [0.1, 0.15) is 5.82 Å². The zero-order valence-corrected chi connectivity index (χ0v) is 12.5. The highest BCUT2D eigenvalue weighted by molar-refractivity contribution is 5.30. The van der Waals surface area contributed by atoms with Gasteiger partial charge in [0.2, 0.25) is 0 Å². The molecular weight excluding hydrogens is 239 g/mol. The Balaban J connectivity index is 2.51. The van der Waals surface area contributed by atoms with Gasteiger partial charge in [-0.15, -0.1) is 0 Å². The first-order valence-corrected chi connectivity index (χ1v) is 7.24. The molecule has 0 heterocycles. The van der Waals surface area contributed by atoms with Crippen molar-refractivity contribution in [1.29, 1.82) is 0 Å². The van der Waals surface area contributed by atoms with Crippen LogP contribution in [0.5, 0.6) is 0 Å². The Morgan fingerprint density at radius 3 is 2.58 bits per heavy atom. The minimum absolute atomic E-state index is 0.0225. The molecule has 106 valence electrons. The number of hydrogen-bond donors (Lipinski definition) is 1. The van der Waals surface area contributed by atoms with Crippen LogP contribution in [0, 0.1) is 24.1 Å². The van der Waals surface area contributed by atoms with Crippen LogP contribution in [-0.4, -0.2) is 5.11 Å². The molecule has 1 aliphatic carbocycles. The Hall–Kier alpha value is -0.890. The maximum absolute atomic E-state index is 14.2. The minimum Gasteiger partial charge on any atom is -0.385 e. The summed E-state index contributed by atoms with van der Waals surface area (Å²) in [4.78, 5) is 0. The highest BCUT2D eigenvalue weighted by Gasteiger charge is 2.47. The number of benzene rings is 1. The number of hydrogen-bond acceptors (Lipinski definition) is 1. The predicted molar refractivity (Wildman–Crippen MR) is 76.4 cm³/mol. The summed E-state index contributed by atoms with van der Waals surface area (Å²) in [6.07, 6.45) is 3.72. The Kier molecular flexibility index (Phi) is 3.74. The first-order valence-electron chi connectivity index (χ1n) is 7.24. The number of halogens is 1. The molecule has 2 atom stereocenters. The third-order valence-corrected chi connectivity index (χ3v) is 4.51. The fourth-order valence-corrected chi connectivity index (χ4v) is 3.60. The lowest BCUT2D eigenvalue weighted by molar-refractivity contribution is -0.0980. The van der Waals surface area contributed by atoms with Crippen molar-refractivity contribution in [3.05, 3.63) is 35.1 Å². The van der Waals surface area contributed by atoms with Gasteiger partial charge in [-0.05, 0) is 37.2 Å². The van der Waals surface area contributed by atoms with E-state index < -0.39 is 5.60 Å². The van der Waals surface area contributed by atoms with E-state index in [-0.39, 0.29) is 17.2 Å². The van der Waals surface area contributed by atoms with Crippen LogP contribution in [0.2, 0.25) is 0 Å². The number of aliphatic hydroxyl groups is 1. The van der Waals surface area contributed by atoms with Crippen LogP contribution >= 0.6 is 0 Å². The monoisotopic (exact) mass is 264 g/mol. The van der Waals surface area contributed by atoms with Crippen molar-refractivity contribution in [3.8, 4) is 0 Å². The summed E-state index contributed by atoms with van der Waals surface area (Å²) in [5.74, 6) is -0.172. The first kappa shape index (κ1) is 14.5. The predicted octanol–water partition coefficient (Wildman–Crippen LogP) is 4.56. The quantitative estimate of drug-likeness (QED) is 0.788. The molecule has 0 aromatic heterocycles. The highest BCUT2D eigenvalue weighted by atomic mass is 19.1. The van der Waals surface area contributed by atoms with Gasteiger partial charge in [-0.1, -0.05) is 51.3 Å². The van der Waals surface area contributed by atoms with Crippen LogP contribution in [0.25, 0.3) is 0 Å². The molecule has 1 saturated carbocycles. The van der Waals surface area contributed by atoms with Gasteiger partial charge in [0.05, 0.1) is 5.60 Å². The van der Waals surface area contributed by atoms with Crippen LogP contribution < -0.4 is 0 Å². The van der Waals surface area contributed by atoms with Gasteiger partial charge in [0.25, 0.3) is 0 Å². The highest BCUT2D eigenvalue weighted by Crippen LogP contribution is 2.50. The lowest BCUT2D eigenvalue weighted by atomic mass is 9.61. The Labute approximate surface area is 115 Å². The van der Waals surface area contributed by atoms with Crippen molar-refractivity contribution in [3.63, 3.8) is 0 Å². The third kappa shape index (κ3) is 2.69. The lowest BCUT2D eigenvalue weighted by Crippen LogP contribution is -2.45. The van der Waals surface area contributed by atoms with E-state index >= 15 is 0 Å². The summed E-state index contributed by atoms with van der Waals surface area (Å²) in [7, 11) is 0. The number of rotatable bonds is 1. The van der Waals surface area contributed by atoms with Crippen LogP contribution in [0.3, 0.4) is 0 Å². The average Bonchev–Trinajstić information content (AvgIpc) is 2.31. The van der Waals surface area contributed by atoms with Crippen molar-refractivity contribution < 1.29 is 9.50 Å². The summed E-state index contributed by atoms with van der Waals surface area (Å²) in [5, 5.41) is 11.2. The van der Waals surface area contributed by atoms with Gasteiger partial charge < -0.3 is 5.11 Å². The molecule has 0 saturated heterocycles. The van der Waals surface area contributed by atoms with Gasteiger partial charge in [0.15, 0.2) is 0 Å². The van der Waals surface area contributed by atoms with E-state index in [4.69, 9.17) is 0 Å². The third-order valence-electron chi connectivity index (χ3n) is 4.51. The summed E-state index contributed by atoms with van der Waals surface area (Å²) < 4.78 is 14.2. The van der Waals surface area contributed by atoms with Crippen LogP contribution in [-0.2, 0) is 5.60 Å². The molecule has 2 heteroatoms. The van der Waals surface area contributed by atoms with Crippen molar-refractivity contribution >= 4 is 0 Å². The van der Waals surface area contributed by atoms with Crippen LogP contribution in [0.1, 0.15) is 57.6 Å². The van der Waals surface area contributed by atoms with Crippen molar-refractivity contribution in [2.24, 2.45) is 11.3 Å². The molecule has 1 fully saturated rings. The summed E-state index contributed by atoms with van der Waals surface area (Å²) >= 11 is 0. The van der Waals surface area contributed by atoms with Crippen LogP contribution in [0.4, 0.5) is 4.39 Å². The zero-order valence-electron chi connectivity index (χ0n) is 12.5. The molecule has 0 spiro atoms. The van der Waals surface area contributed by atoms with Crippen molar-refractivity contribution in [2.75, 3.05) is 0 Å². The first-order chi connectivity index (χ1) is 8.75. The maximum atomic E-state index is 14.2. The smallest absolute Gasteiger partial charge is 0.129 e. The summed E-state index contributed by atoms with van der Waals surface area (Å²) in [6, 6.07) is 5.06. The molecule has 1 N–H and O–H groups in total. The molecule has 0 bridgehead atoms. The Morgan fingerprint density at radius 1 is 1.26 bits per heavy atom. The average molecular weight is 264 g/mol. The van der Waals surface area contributed by atoms with E-state index in [9.17, 15) is 9.50 Å². The molecule has 0 aliphatic heterocycles. The van der Waals surface area contributed by atoms with Crippen molar-refractivity contribution in [2.45, 2.75) is 59.0 Å². The van der Waals surface area contributed by atoms with E-state index in [2.05, 4.69) is 20.8 Å². The normalized spacial score (nSPS) is 28.4.